The van der Waals surface area contributed by atoms with Crippen molar-refractivity contribution in [2.75, 3.05) is 44.4 Å². The van der Waals surface area contributed by atoms with E-state index in [9.17, 15) is 26.7 Å². The summed E-state index contributed by atoms with van der Waals surface area (Å²) < 4.78 is 63.3. The van der Waals surface area contributed by atoms with E-state index < -0.39 is 42.6 Å². The van der Waals surface area contributed by atoms with Gasteiger partial charge in [-0.25, -0.2) is 25.9 Å². The van der Waals surface area contributed by atoms with Gasteiger partial charge in [-0.3, -0.25) is 4.79 Å². The van der Waals surface area contributed by atoms with Gasteiger partial charge in [-0.05, 0) is 111 Å². The van der Waals surface area contributed by atoms with Gasteiger partial charge in [0.05, 0.1) is 28.9 Å². The van der Waals surface area contributed by atoms with Crippen molar-refractivity contribution in [2.45, 2.75) is 81.5 Å². The van der Waals surface area contributed by atoms with E-state index in [0.29, 0.717) is 55.4 Å². The predicted octanol–water partition coefficient (Wildman–Crippen LogP) is 4.73. The molecule has 4 aliphatic rings. The number of benzene rings is 2. The first-order valence-corrected chi connectivity index (χ1v) is 20.6. The summed E-state index contributed by atoms with van der Waals surface area (Å²) in [6, 6.07) is 11.1. The smallest absolute Gasteiger partial charge is 0.264 e. The Morgan fingerprint density at radius 2 is 1.85 bits per heavy atom. The minimum absolute atomic E-state index is 0.00856. The Bertz CT molecular complexity index is 1790. The first kappa shape index (κ1) is 35.4. The van der Waals surface area contributed by atoms with Crippen molar-refractivity contribution in [1.29, 1.82) is 0 Å². The first-order chi connectivity index (χ1) is 22.5. The fourth-order valence-electron chi connectivity index (χ4n) is 8.39. The third-order valence-electron chi connectivity index (χ3n) is 11.6. The lowest BCUT2D eigenvalue weighted by Crippen LogP contribution is -2.56. The van der Waals surface area contributed by atoms with Gasteiger partial charge in [-0.2, -0.15) is 0 Å². The molecule has 6 atom stereocenters. The molecule has 0 aromatic heterocycles. The Labute approximate surface area is 290 Å². The van der Waals surface area contributed by atoms with E-state index in [1.165, 1.54) is 25.2 Å². The average Bonchev–Trinajstić information content (AvgIpc) is 3.14. The van der Waals surface area contributed by atoms with Crippen LogP contribution in [0, 0.1) is 17.8 Å². The minimum Gasteiger partial charge on any atom is -0.490 e. The van der Waals surface area contributed by atoms with Crippen molar-refractivity contribution in [3.63, 3.8) is 0 Å². The molecule has 48 heavy (non-hydrogen) atoms. The van der Waals surface area contributed by atoms with Crippen molar-refractivity contribution in [1.82, 2.24) is 9.03 Å². The van der Waals surface area contributed by atoms with Crippen molar-refractivity contribution in [2.24, 2.45) is 17.8 Å². The van der Waals surface area contributed by atoms with E-state index in [0.717, 1.165) is 30.0 Å². The number of carbonyl (C=O) groups is 1. The zero-order valence-electron chi connectivity index (χ0n) is 28.2. The monoisotopic (exact) mass is 721 g/mol. The summed E-state index contributed by atoms with van der Waals surface area (Å²) in [5, 5.41) is 12.1. The molecular weight excluding hydrogens is 674 g/mol. The predicted molar refractivity (Wildman–Crippen MR) is 188 cm³/mol. The van der Waals surface area contributed by atoms with Crippen LogP contribution in [0.3, 0.4) is 0 Å². The lowest BCUT2D eigenvalue weighted by molar-refractivity contribution is -0.0723. The number of rotatable bonds is 3. The van der Waals surface area contributed by atoms with Crippen LogP contribution >= 0.6 is 11.6 Å². The number of hydrogen-bond donors (Lipinski definition) is 2. The topological polar surface area (TPSA) is 133 Å². The van der Waals surface area contributed by atoms with E-state index in [-0.39, 0.29) is 35.2 Å². The molecular formula is C35H48ClN3O7S2. The summed E-state index contributed by atoms with van der Waals surface area (Å²) >= 11 is 6.42. The number of nitrogens with one attached hydrogen (secondary N) is 1. The van der Waals surface area contributed by atoms with Gasteiger partial charge in [-0.15, -0.1) is 0 Å². The maximum atomic E-state index is 13.5. The Kier molecular flexibility index (Phi) is 9.65. The van der Waals surface area contributed by atoms with Crippen LogP contribution in [0.1, 0.15) is 80.3 Å². The molecule has 0 saturated heterocycles. The van der Waals surface area contributed by atoms with Gasteiger partial charge in [0, 0.05) is 43.2 Å². The number of amides is 1. The number of halogens is 1. The van der Waals surface area contributed by atoms with Gasteiger partial charge < -0.3 is 14.7 Å². The van der Waals surface area contributed by atoms with Crippen molar-refractivity contribution in [3.8, 4) is 5.75 Å². The summed E-state index contributed by atoms with van der Waals surface area (Å²) in [4.78, 5) is 15.7. The molecule has 10 nitrogen and oxygen atoms in total. The molecule has 264 valence electrons. The highest BCUT2D eigenvalue weighted by Gasteiger charge is 2.50. The fourth-order valence-corrected chi connectivity index (χ4v) is 11.1. The lowest BCUT2D eigenvalue weighted by Gasteiger charge is -2.50. The molecule has 2 aliphatic heterocycles. The van der Waals surface area contributed by atoms with Gasteiger partial charge in [0.25, 0.3) is 5.91 Å². The van der Waals surface area contributed by atoms with E-state index in [2.05, 4.69) is 15.7 Å². The van der Waals surface area contributed by atoms with Gasteiger partial charge >= 0.3 is 0 Å². The Hall–Kier alpha value is -2.38. The second kappa shape index (κ2) is 13.1. The number of fused-ring (bicyclic) bond motifs is 4. The van der Waals surface area contributed by atoms with E-state index in [1.807, 2.05) is 19.1 Å². The SMILES string of the molecule is C[C@@H]1[C@@H](C)CCC[C@](O)(CS(=O)(=O)N(C)C)[C@@H]2CC[C@H]2CN2C[C@@]3(CCCc4cc(Cl)ccc43)COc3ccc(cc32)C(=O)NS1(=O)=O. The number of aryl methyl sites for hydroxylation is 1. The molecule has 2 aromatic rings. The van der Waals surface area contributed by atoms with Crippen LogP contribution < -0.4 is 14.4 Å². The maximum Gasteiger partial charge on any atom is 0.264 e. The number of carbonyl (C=O) groups excluding carboxylic acids is 1. The van der Waals surface area contributed by atoms with E-state index in [4.69, 9.17) is 16.3 Å². The van der Waals surface area contributed by atoms with Gasteiger partial charge in [0.1, 0.15) is 5.75 Å². The summed E-state index contributed by atoms with van der Waals surface area (Å²) in [7, 11) is -4.82. The highest BCUT2D eigenvalue weighted by molar-refractivity contribution is 7.90. The third kappa shape index (κ3) is 6.72. The third-order valence-corrected chi connectivity index (χ3v) is 15.8. The number of sulfonamides is 2. The number of anilines is 1. The van der Waals surface area contributed by atoms with Crippen molar-refractivity contribution in [3.05, 3.63) is 58.1 Å². The van der Waals surface area contributed by atoms with Crippen LogP contribution in [-0.2, 0) is 31.9 Å². The normalized spacial score (nSPS) is 32.3. The highest BCUT2D eigenvalue weighted by Crippen LogP contribution is 2.49. The summed E-state index contributed by atoms with van der Waals surface area (Å²) in [6.45, 7) is 4.90. The van der Waals surface area contributed by atoms with Crippen LogP contribution in [0.4, 0.5) is 5.69 Å². The summed E-state index contributed by atoms with van der Waals surface area (Å²) in [5.41, 5.74) is 1.40. The van der Waals surface area contributed by atoms with E-state index in [1.54, 1.807) is 25.1 Å². The zero-order valence-corrected chi connectivity index (χ0v) is 30.6. The van der Waals surface area contributed by atoms with Gasteiger partial charge in [-0.1, -0.05) is 31.0 Å². The number of hydrogen-bond acceptors (Lipinski definition) is 8. The van der Waals surface area contributed by atoms with Crippen molar-refractivity contribution >= 4 is 43.2 Å². The minimum atomic E-state index is -4.03. The average molecular weight is 722 g/mol. The summed E-state index contributed by atoms with van der Waals surface area (Å²) in [6.07, 6.45) is 5.39. The molecule has 2 aromatic carbocycles. The molecule has 1 fully saturated rings. The van der Waals surface area contributed by atoms with Crippen molar-refractivity contribution < 1.29 is 31.5 Å². The highest BCUT2D eigenvalue weighted by atomic mass is 35.5. The maximum absolute atomic E-state index is 13.5. The molecule has 0 radical (unpaired) electrons. The first-order valence-electron chi connectivity index (χ1n) is 17.0. The van der Waals surface area contributed by atoms with E-state index >= 15 is 0 Å². The van der Waals surface area contributed by atoms with Crippen LogP contribution in [0.5, 0.6) is 5.75 Å². The van der Waals surface area contributed by atoms with Crippen LogP contribution in [0.15, 0.2) is 36.4 Å². The Morgan fingerprint density at radius 3 is 2.56 bits per heavy atom. The molecule has 6 rings (SSSR count). The molecule has 13 heteroatoms. The summed E-state index contributed by atoms with van der Waals surface area (Å²) in [5.74, 6) is -1.11. The second-order valence-electron chi connectivity index (χ2n) is 14.9. The second-order valence-corrected chi connectivity index (χ2v) is 19.6. The Morgan fingerprint density at radius 1 is 1.08 bits per heavy atom. The van der Waals surface area contributed by atoms with Gasteiger partial charge in [0.15, 0.2) is 0 Å². The molecule has 2 N–H and O–H groups in total. The molecule has 1 amide bonds. The molecule has 2 heterocycles. The number of aliphatic hydroxyl groups is 1. The Balaban J connectivity index is 1.45. The molecule has 1 saturated carbocycles. The lowest BCUT2D eigenvalue weighted by atomic mass is 9.63. The fraction of sp³-hybridized carbons (Fsp3) is 0.629. The van der Waals surface area contributed by atoms with Crippen LogP contribution in [0.25, 0.3) is 0 Å². The number of ether oxygens (including phenoxy) is 1. The molecule has 2 bridgehead atoms. The standard InChI is InChI=1S/C35H48ClN3O7S2/c1-23-7-5-16-35(41,22-47(42,43)38(3)4)30-12-9-27(30)19-39-20-34(15-6-8-25-17-28(36)11-13-29(25)34)21-46-32-14-10-26(18-31(32)39)33(40)37-48(44,45)24(23)2/h10-11,13-14,17-18,23-24,27,30,41H,5-9,12,15-16,19-22H2,1-4H3,(H,37,40)/t23-,24+,27-,30+,34-,35-/m0/s1. The molecule has 0 unspecified atom stereocenters. The molecule has 2 aliphatic carbocycles. The molecule has 1 spiro atoms. The van der Waals surface area contributed by atoms with Crippen LogP contribution in [0.2, 0.25) is 5.02 Å². The number of nitrogens with zero attached hydrogens (tertiary/aromatic N) is 2. The largest absolute Gasteiger partial charge is 0.490 e. The van der Waals surface area contributed by atoms with Gasteiger partial charge in [0.2, 0.25) is 20.0 Å². The quantitative estimate of drug-likeness (QED) is 0.465. The zero-order chi connectivity index (χ0) is 34.6. The van der Waals surface area contributed by atoms with Crippen LogP contribution in [-0.4, -0.2) is 82.6 Å².